The summed E-state index contributed by atoms with van der Waals surface area (Å²) in [6.07, 6.45) is 1.56. The molecular weight excluding hydrogens is 444 g/mol. The number of nitrogens with zero attached hydrogens (tertiary/aromatic N) is 1. The van der Waals surface area contributed by atoms with Crippen molar-refractivity contribution in [3.63, 3.8) is 0 Å². The predicted molar refractivity (Wildman–Crippen MR) is 127 cm³/mol. The number of sulfonamides is 1. The fourth-order valence-electron chi connectivity index (χ4n) is 2.94. The van der Waals surface area contributed by atoms with Gasteiger partial charge in [0, 0.05) is 12.2 Å². The molecule has 0 amide bonds. The summed E-state index contributed by atoms with van der Waals surface area (Å²) in [5, 5.41) is 13.2. The van der Waals surface area contributed by atoms with Crippen LogP contribution in [0.2, 0.25) is 0 Å². The number of hydrogen-bond donors (Lipinski definition) is 4. The minimum atomic E-state index is -3.68. The number of pyridine rings is 1. The molecule has 9 nitrogen and oxygen atoms in total. The Morgan fingerprint density at radius 1 is 1.03 bits per heavy atom. The minimum Gasteiger partial charge on any atom is -0.497 e. The SMILES string of the molecule is COc1ccc(S(=O)(=O)Nc2ccc(CCNC[C@H](O)COc3ccc(N)nc3)cc2)cc1. The van der Waals surface area contributed by atoms with Gasteiger partial charge in [0.15, 0.2) is 0 Å². The van der Waals surface area contributed by atoms with Crippen molar-refractivity contribution in [3.8, 4) is 11.5 Å². The second-order valence-corrected chi connectivity index (χ2v) is 9.00. The van der Waals surface area contributed by atoms with Crippen molar-refractivity contribution in [3.05, 3.63) is 72.4 Å². The number of aromatic nitrogens is 1. The quantitative estimate of drug-likeness (QED) is 0.294. The summed E-state index contributed by atoms with van der Waals surface area (Å²) in [4.78, 5) is 4.09. The summed E-state index contributed by atoms with van der Waals surface area (Å²) in [5.41, 5.74) is 7.03. The number of aliphatic hydroxyl groups is 1. The van der Waals surface area contributed by atoms with Crippen LogP contribution >= 0.6 is 0 Å². The molecule has 1 atom stereocenters. The van der Waals surface area contributed by atoms with Gasteiger partial charge in [-0.1, -0.05) is 12.1 Å². The van der Waals surface area contributed by atoms with Crippen LogP contribution in [0.4, 0.5) is 11.5 Å². The predicted octanol–water partition coefficient (Wildman–Crippen LogP) is 2.05. The number of hydrogen-bond acceptors (Lipinski definition) is 8. The molecule has 0 saturated heterocycles. The highest BCUT2D eigenvalue weighted by atomic mass is 32.2. The number of benzene rings is 2. The largest absolute Gasteiger partial charge is 0.497 e. The van der Waals surface area contributed by atoms with E-state index in [0.29, 0.717) is 36.1 Å². The average Bonchev–Trinajstić information content (AvgIpc) is 2.82. The molecule has 0 radical (unpaired) electrons. The summed E-state index contributed by atoms with van der Waals surface area (Å²) in [7, 11) is -2.15. The summed E-state index contributed by atoms with van der Waals surface area (Å²) < 4.78 is 38.1. The normalized spacial score (nSPS) is 12.2. The van der Waals surface area contributed by atoms with Crippen LogP contribution < -0.4 is 25.2 Å². The Bertz CT molecular complexity index is 1110. The number of methoxy groups -OCH3 is 1. The van der Waals surface area contributed by atoms with Crippen LogP contribution in [-0.2, 0) is 16.4 Å². The summed E-state index contributed by atoms with van der Waals surface area (Å²) in [6, 6.07) is 16.7. The second kappa shape index (κ2) is 11.5. The van der Waals surface area contributed by atoms with Crippen molar-refractivity contribution in [2.45, 2.75) is 17.4 Å². The number of aliphatic hydroxyl groups excluding tert-OH is 1. The Kier molecular flexibility index (Phi) is 8.47. The van der Waals surface area contributed by atoms with Gasteiger partial charge in [0.1, 0.15) is 30.0 Å². The van der Waals surface area contributed by atoms with Gasteiger partial charge in [-0.2, -0.15) is 0 Å². The van der Waals surface area contributed by atoms with Crippen molar-refractivity contribution in [1.29, 1.82) is 0 Å². The maximum atomic E-state index is 12.5. The molecular formula is C23H28N4O5S. The Balaban J connectivity index is 1.39. The van der Waals surface area contributed by atoms with Gasteiger partial charge in [-0.3, -0.25) is 4.72 Å². The second-order valence-electron chi connectivity index (χ2n) is 7.32. The molecule has 0 aliphatic carbocycles. The lowest BCUT2D eigenvalue weighted by Crippen LogP contribution is -2.32. The van der Waals surface area contributed by atoms with E-state index in [4.69, 9.17) is 15.2 Å². The van der Waals surface area contributed by atoms with Crippen LogP contribution in [-0.4, -0.2) is 51.4 Å². The van der Waals surface area contributed by atoms with Gasteiger partial charge in [-0.25, -0.2) is 13.4 Å². The molecule has 1 aromatic heterocycles. The van der Waals surface area contributed by atoms with E-state index in [0.717, 1.165) is 12.0 Å². The first-order valence-corrected chi connectivity index (χ1v) is 11.8. The third kappa shape index (κ3) is 7.63. The molecule has 10 heteroatoms. The summed E-state index contributed by atoms with van der Waals surface area (Å²) in [5.74, 6) is 1.55. The molecule has 0 spiro atoms. The van der Waals surface area contributed by atoms with Gasteiger partial charge in [-0.15, -0.1) is 0 Å². The molecule has 0 aliphatic rings. The smallest absolute Gasteiger partial charge is 0.261 e. The monoisotopic (exact) mass is 472 g/mol. The van der Waals surface area contributed by atoms with Crippen LogP contribution in [0.15, 0.2) is 71.8 Å². The van der Waals surface area contributed by atoms with Crippen molar-refractivity contribution < 1.29 is 23.0 Å². The first-order valence-electron chi connectivity index (χ1n) is 10.3. The molecule has 33 heavy (non-hydrogen) atoms. The molecule has 5 N–H and O–H groups in total. The summed E-state index contributed by atoms with van der Waals surface area (Å²) >= 11 is 0. The lowest BCUT2D eigenvalue weighted by molar-refractivity contribution is 0.106. The molecule has 2 aromatic carbocycles. The van der Waals surface area contributed by atoms with Crippen molar-refractivity contribution in [2.75, 3.05) is 37.3 Å². The van der Waals surface area contributed by atoms with Crippen LogP contribution in [0, 0.1) is 0 Å². The van der Waals surface area contributed by atoms with Crippen LogP contribution in [0.1, 0.15) is 5.56 Å². The standard InChI is InChI=1S/C23H28N4O5S/c1-31-20-6-9-22(10-7-20)33(29,30)27-18-4-2-17(3-5-18)12-13-25-14-19(28)16-32-21-8-11-23(24)26-15-21/h2-11,15,19,25,27-28H,12-14,16H2,1H3,(H2,24,26)/t19-/m0/s1. The van der Waals surface area contributed by atoms with Crippen LogP contribution in [0.25, 0.3) is 0 Å². The highest BCUT2D eigenvalue weighted by Gasteiger charge is 2.14. The Morgan fingerprint density at radius 3 is 2.36 bits per heavy atom. The number of nitrogens with one attached hydrogen (secondary N) is 2. The molecule has 0 unspecified atom stereocenters. The van der Waals surface area contributed by atoms with Crippen molar-refractivity contribution in [2.24, 2.45) is 0 Å². The Hall–Kier alpha value is -3.34. The Labute approximate surface area is 193 Å². The van der Waals surface area contributed by atoms with E-state index in [1.165, 1.54) is 25.4 Å². The van der Waals surface area contributed by atoms with Gasteiger partial charge in [0.25, 0.3) is 10.0 Å². The zero-order valence-electron chi connectivity index (χ0n) is 18.3. The van der Waals surface area contributed by atoms with Gasteiger partial charge in [0.2, 0.25) is 0 Å². The average molecular weight is 473 g/mol. The van der Waals surface area contributed by atoms with E-state index < -0.39 is 16.1 Å². The number of rotatable bonds is 12. The zero-order chi connectivity index (χ0) is 23.7. The molecule has 0 saturated carbocycles. The van der Waals surface area contributed by atoms with E-state index >= 15 is 0 Å². The van der Waals surface area contributed by atoms with Crippen LogP contribution in [0.3, 0.4) is 0 Å². The maximum absolute atomic E-state index is 12.5. The van der Waals surface area contributed by atoms with Gasteiger partial charge in [0.05, 0.1) is 18.2 Å². The number of nitrogens with two attached hydrogens (primary N) is 1. The molecule has 176 valence electrons. The lowest BCUT2D eigenvalue weighted by Gasteiger charge is -2.13. The maximum Gasteiger partial charge on any atom is 0.261 e. The Morgan fingerprint density at radius 2 is 1.73 bits per heavy atom. The highest BCUT2D eigenvalue weighted by molar-refractivity contribution is 7.92. The van der Waals surface area contributed by atoms with Crippen molar-refractivity contribution >= 4 is 21.5 Å². The van der Waals surface area contributed by atoms with Crippen LogP contribution in [0.5, 0.6) is 11.5 Å². The number of nitrogen functional groups attached to an aromatic ring is 1. The van der Waals surface area contributed by atoms with Crippen molar-refractivity contribution in [1.82, 2.24) is 10.3 Å². The zero-order valence-corrected chi connectivity index (χ0v) is 19.1. The van der Waals surface area contributed by atoms with Gasteiger partial charge >= 0.3 is 0 Å². The lowest BCUT2D eigenvalue weighted by atomic mass is 10.1. The molecule has 0 fully saturated rings. The fourth-order valence-corrected chi connectivity index (χ4v) is 4.00. The van der Waals surface area contributed by atoms with E-state index in [1.54, 1.807) is 36.4 Å². The molecule has 0 bridgehead atoms. The highest BCUT2D eigenvalue weighted by Crippen LogP contribution is 2.19. The van der Waals surface area contributed by atoms with E-state index in [1.807, 2.05) is 12.1 Å². The van der Waals surface area contributed by atoms with E-state index in [9.17, 15) is 13.5 Å². The summed E-state index contributed by atoms with van der Waals surface area (Å²) in [6.45, 7) is 1.17. The first-order chi connectivity index (χ1) is 15.9. The third-order valence-electron chi connectivity index (χ3n) is 4.75. The molecule has 3 rings (SSSR count). The minimum absolute atomic E-state index is 0.141. The number of ether oxygens (including phenoxy) is 2. The van der Waals surface area contributed by atoms with E-state index in [2.05, 4.69) is 15.0 Å². The van der Waals surface area contributed by atoms with Gasteiger partial charge < -0.3 is 25.6 Å². The first kappa shape index (κ1) is 24.3. The molecule has 0 aliphatic heterocycles. The third-order valence-corrected chi connectivity index (χ3v) is 6.15. The molecule has 1 heterocycles. The topological polar surface area (TPSA) is 136 Å². The van der Waals surface area contributed by atoms with Gasteiger partial charge in [-0.05, 0) is 67.1 Å². The fraction of sp³-hybridized carbons (Fsp3) is 0.261. The van der Waals surface area contributed by atoms with E-state index in [-0.39, 0.29) is 11.5 Å². The molecule has 3 aromatic rings. The number of anilines is 2.